The zero-order valence-corrected chi connectivity index (χ0v) is 18.8. The minimum atomic E-state index is -3.52. The van der Waals surface area contributed by atoms with Crippen LogP contribution < -0.4 is 4.74 Å². The maximum absolute atomic E-state index is 13.4. The van der Waals surface area contributed by atoms with E-state index in [0.29, 0.717) is 23.8 Å². The number of thiophene rings is 1. The van der Waals surface area contributed by atoms with Crippen molar-refractivity contribution in [2.24, 2.45) is 5.92 Å². The number of rotatable bonds is 6. The van der Waals surface area contributed by atoms with Crippen LogP contribution in [0.2, 0.25) is 0 Å². The van der Waals surface area contributed by atoms with Crippen LogP contribution in [-0.4, -0.2) is 49.8 Å². The minimum absolute atomic E-state index is 0.0532. The van der Waals surface area contributed by atoms with Gasteiger partial charge < -0.3 is 9.64 Å². The number of benzene rings is 1. The van der Waals surface area contributed by atoms with Crippen LogP contribution in [-0.2, 0) is 14.8 Å². The summed E-state index contributed by atoms with van der Waals surface area (Å²) in [5, 5.41) is 1.77. The molecule has 2 saturated heterocycles. The Morgan fingerprint density at radius 3 is 2.60 bits per heavy atom. The highest BCUT2D eigenvalue weighted by Gasteiger charge is 2.38. The Labute approximate surface area is 182 Å². The van der Waals surface area contributed by atoms with Crippen LogP contribution in [0.4, 0.5) is 0 Å². The number of amides is 1. The summed E-state index contributed by atoms with van der Waals surface area (Å²) in [6, 6.07) is 11.4. The summed E-state index contributed by atoms with van der Waals surface area (Å²) in [5.74, 6) is 0.632. The first-order chi connectivity index (χ1) is 14.5. The molecule has 1 amide bonds. The lowest BCUT2D eigenvalue weighted by molar-refractivity contribution is -0.137. The molecule has 0 N–H and O–H groups in total. The number of sulfonamides is 1. The summed E-state index contributed by atoms with van der Waals surface area (Å²) in [6.07, 6.45) is 3.35. The van der Waals surface area contributed by atoms with Gasteiger partial charge in [0.25, 0.3) is 10.0 Å². The number of hydrogen-bond donors (Lipinski definition) is 0. The summed E-state index contributed by atoms with van der Waals surface area (Å²) in [5.41, 5.74) is 1.11. The van der Waals surface area contributed by atoms with Crippen LogP contribution in [0.3, 0.4) is 0 Å². The van der Waals surface area contributed by atoms with Crippen LogP contribution >= 0.6 is 11.3 Å². The largest absolute Gasteiger partial charge is 0.494 e. The second-order valence-corrected chi connectivity index (χ2v) is 10.9. The third-order valence-corrected chi connectivity index (χ3v) is 9.17. The van der Waals surface area contributed by atoms with Gasteiger partial charge in [-0.25, -0.2) is 8.42 Å². The molecule has 2 fully saturated rings. The van der Waals surface area contributed by atoms with Crippen molar-refractivity contribution in [3.05, 3.63) is 47.3 Å². The highest BCUT2D eigenvalue weighted by atomic mass is 32.2. The average Bonchev–Trinajstić information content (AvgIpc) is 3.47. The van der Waals surface area contributed by atoms with Crippen molar-refractivity contribution in [1.29, 1.82) is 0 Å². The van der Waals surface area contributed by atoms with Gasteiger partial charge in [0.05, 0.1) is 18.6 Å². The van der Waals surface area contributed by atoms with Gasteiger partial charge >= 0.3 is 0 Å². The van der Waals surface area contributed by atoms with Gasteiger partial charge in [0.2, 0.25) is 5.91 Å². The SMILES string of the molecule is CCOc1ccc([C@@H]2CCCN2C(=O)[C@H]2CCCN(S(=O)(=O)c3cccs3)C2)cc1. The third-order valence-electron chi connectivity index (χ3n) is 5.93. The Hall–Kier alpha value is -1.90. The van der Waals surface area contributed by atoms with Crippen molar-refractivity contribution in [3.63, 3.8) is 0 Å². The van der Waals surface area contributed by atoms with Gasteiger partial charge in [-0.3, -0.25) is 4.79 Å². The van der Waals surface area contributed by atoms with Gasteiger partial charge in [-0.15, -0.1) is 11.3 Å². The zero-order valence-electron chi connectivity index (χ0n) is 17.2. The molecule has 6 nitrogen and oxygen atoms in total. The van der Waals surface area contributed by atoms with E-state index >= 15 is 0 Å². The van der Waals surface area contributed by atoms with E-state index in [1.165, 1.54) is 15.6 Å². The molecule has 2 aliphatic heterocycles. The van der Waals surface area contributed by atoms with E-state index in [2.05, 4.69) is 0 Å². The standard InChI is InChI=1S/C22H28N2O4S2/c1-2-28-19-11-9-17(10-12-19)20-7-4-14-24(20)22(25)18-6-3-13-23(16-18)30(26,27)21-8-5-15-29-21/h5,8-12,15,18,20H,2-4,6-7,13-14,16H2,1H3/t18-,20-/m0/s1. The Bertz CT molecular complexity index is 958. The van der Waals surface area contributed by atoms with E-state index in [9.17, 15) is 13.2 Å². The Morgan fingerprint density at radius 1 is 1.13 bits per heavy atom. The molecule has 0 aliphatic carbocycles. The third kappa shape index (κ3) is 4.26. The summed E-state index contributed by atoms with van der Waals surface area (Å²) in [4.78, 5) is 15.4. The van der Waals surface area contributed by atoms with E-state index < -0.39 is 10.0 Å². The molecule has 162 valence electrons. The fourth-order valence-corrected chi connectivity index (χ4v) is 7.13. The van der Waals surface area contributed by atoms with Gasteiger partial charge in [0.1, 0.15) is 9.96 Å². The number of piperidine rings is 1. The van der Waals surface area contributed by atoms with Crippen LogP contribution in [0.25, 0.3) is 0 Å². The van der Waals surface area contributed by atoms with Crippen LogP contribution in [0.15, 0.2) is 46.0 Å². The lowest BCUT2D eigenvalue weighted by atomic mass is 9.96. The van der Waals surface area contributed by atoms with Gasteiger partial charge in [-0.2, -0.15) is 4.31 Å². The van der Waals surface area contributed by atoms with Gasteiger partial charge in [0.15, 0.2) is 0 Å². The van der Waals surface area contributed by atoms with E-state index in [4.69, 9.17) is 4.74 Å². The molecule has 0 unspecified atom stereocenters. The van der Waals surface area contributed by atoms with E-state index in [-0.39, 0.29) is 24.4 Å². The second kappa shape index (κ2) is 9.08. The first-order valence-corrected chi connectivity index (χ1v) is 12.9. The summed E-state index contributed by atoms with van der Waals surface area (Å²) in [7, 11) is -3.52. The quantitative estimate of drug-likeness (QED) is 0.672. The first-order valence-electron chi connectivity index (χ1n) is 10.6. The molecular weight excluding hydrogens is 420 g/mol. The number of carbonyl (C=O) groups excluding carboxylic acids is 1. The maximum Gasteiger partial charge on any atom is 0.252 e. The maximum atomic E-state index is 13.4. The number of ether oxygens (including phenoxy) is 1. The van der Waals surface area contributed by atoms with E-state index in [0.717, 1.165) is 37.1 Å². The van der Waals surface area contributed by atoms with Crippen molar-refractivity contribution in [3.8, 4) is 5.75 Å². The lowest BCUT2D eigenvalue weighted by Gasteiger charge is -2.35. The zero-order chi connectivity index (χ0) is 21.1. The second-order valence-electron chi connectivity index (χ2n) is 7.83. The highest BCUT2D eigenvalue weighted by molar-refractivity contribution is 7.91. The van der Waals surface area contributed by atoms with Crippen molar-refractivity contribution in [1.82, 2.24) is 9.21 Å². The summed E-state index contributed by atoms with van der Waals surface area (Å²) in [6.45, 7) is 4.06. The average molecular weight is 449 g/mol. The topological polar surface area (TPSA) is 66.9 Å². The smallest absolute Gasteiger partial charge is 0.252 e. The predicted octanol–water partition coefficient (Wildman–Crippen LogP) is 3.91. The van der Waals surface area contributed by atoms with Gasteiger partial charge in [-0.1, -0.05) is 18.2 Å². The van der Waals surface area contributed by atoms with Crippen molar-refractivity contribution < 1.29 is 17.9 Å². The molecular formula is C22H28N2O4S2. The van der Waals surface area contributed by atoms with E-state index in [1.807, 2.05) is 36.1 Å². The molecule has 0 bridgehead atoms. The molecule has 2 atom stereocenters. The predicted molar refractivity (Wildman–Crippen MR) is 117 cm³/mol. The Kier molecular flexibility index (Phi) is 6.46. The molecule has 0 saturated carbocycles. The van der Waals surface area contributed by atoms with Gasteiger partial charge in [0, 0.05) is 19.6 Å². The molecule has 2 aliphatic rings. The molecule has 3 heterocycles. The fourth-order valence-electron chi connectivity index (χ4n) is 4.46. The van der Waals surface area contributed by atoms with Crippen LogP contribution in [0.1, 0.15) is 44.2 Å². The normalized spacial score (nSPS) is 22.9. The molecule has 4 rings (SSSR count). The number of nitrogens with zero attached hydrogens (tertiary/aromatic N) is 2. The Morgan fingerprint density at radius 2 is 1.90 bits per heavy atom. The van der Waals surface area contributed by atoms with Crippen LogP contribution in [0, 0.1) is 5.92 Å². The molecule has 8 heteroatoms. The first kappa shape index (κ1) is 21.3. The van der Waals surface area contributed by atoms with Crippen molar-refractivity contribution >= 4 is 27.3 Å². The molecule has 0 spiro atoms. The van der Waals surface area contributed by atoms with Crippen molar-refractivity contribution in [2.75, 3.05) is 26.2 Å². The number of likely N-dealkylation sites (tertiary alicyclic amines) is 1. The highest BCUT2D eigenvalue weighted by Crippen LogP contribution is 2.36. The molecule has 2 aromatic rings. The van der Waals surface area contributed by atoms with Gasteiger partial charge in [-0.05, 0) is 61.7 Å². The fraction of sp³-hybridized carbons (Fsp3) is 0.500. The summed E-state index contributed by atoms with van der Waals surface area (Å²) < 4.78 is 33.2. The Balaban J connectivity index is 1.47. The molecule has 1 aromatic heterocycles. The van der Waals surface area contributed by atoms with Crippen molar-refractivity contribution in [2.45, 2.75) is 42.9 Å². The minimum Gasteiger partial charge on any atom is -0.494 e. The number of carbonyl (C=O) groups is 1. The van der Waals surface area contributed by atoms with E-state index in [1.54, 1.807) is 17.5 Å². The molecule has 1 aromatic carbocycles. The number of hydrogen-bond acceptors (Lipinski definition) is 5. The summed E-state index contributed by atoms with van der Waals surface area (Å²) >= 11 is 1.23. The molecule has 30 heavy (non-hydrogen) atoms. The lowest BCUT2D eigenvalue weighted by Crippen LogP contribution is -2.46. The molecule has 0 radical (unpaired) electrons. The van der Waals surface area contributed by atoms with Crippen LogP contribution in [0.5, 0.6) is 5.75 Å². The monoisotopic (exact) mass is 448 g/mol.